The average Bonchev–Trinajstić information content (AvgIpc) is 2.30. The van der Waals surface area contributed by atoms with E-state index in [1.807, 2.05) is 0 Å². The molecule has 16 heavy (non-hydrogen) atoms. The SMILES string of the molecule is CCC(C)(C)CNCCCN1CCNCC1. The summed E-state index contributed by atoms with van der Waals surface area (Å²) >= 11 is 0. The number of piperazine rings is 1. The molecule has 0 bridgehead atoms. The van der Waals surface area contributed by atoms with Crippen LogP contribution in [0.15, 0.2) is 0 Å². The molecule has 0 aromatic heterocycles. The van der Waals surface area contributed by atoms with Gasteiger partial charge >= 0.3 is 0 Å². The molecule has 1 aliphatic rings. The van der Waals surface area contributed by atoms with Crippen LogP contribution in [-0.2, 0) is 0 Å². The van der Waals surface area contributed by atoms with Crippen LogP contribution in [0.5, 0.6) is 0 Å². The topological polar surface area (TPSA) is 27.3 Å². The maximum Gasteiger partial charge on any atom is 0.0107 e. The summed E-state index contributed by atoms with van der Waals surface area (Å²) in [7, 11) is 0. The zero-order valence-corrected chi connectivity index (χ0v) is 11.3. The van der Waals surface area contributed by atoms with Crippen LogP contribution in [0.1, 0.15) is 33.6 Å². The van der Waals surface area contributed by atoms with Crippen molar-refractivity contribution in [1.82, 2.24) is 15.5 Å². The highest BCUT2D eigenvalue weighted by Crippen LogP contribution is 2.17. The van der Waals surface area contributed by atoms with Crippen molar-refractivity contribution in [2.75, 3.05) is 45.8 Å². The summed E-state index contributed by atoms with van der Waals surface area (Å²) in [5.41, 5.74) is 0.453. The van der Waals surface area contributed by atoms with Crippen LogP contribution < -0.4 is 10.6 Å². The van der Waals surface area contributed by atoms with Gasteiger partial charge < -0.3 is 15.5 Å². The summed E-state index contributed by atoms with van der Waals surface area (Å²) in [6.45, 7) is 15.3. The average molecular weight is 227 g/mol. The third-order valence-electron chi connectivity index (χ3n) is 3.60. The standard InChI is InChI=1S/C13H29N3/c1-4-13(2,3)12-15-6-5-9-16-10-7-14-8-11-16/h14-15H,4-12H2,1-3H3. The monoisotopic (exact) mass is 227 g/mol. The van der Waals surface area contributed by atoms with Crippen LogP contribution >= 0.6 is 0 Å². The Labute approximate surface area is 101 Å². The second kappa shape index (κ2) is 7.25. The van der Waals surface area contributed by atoms with E-state index in [1.165, 1.54) is 32.5 Å². The molecule has 0 unspecified atom stereocenters. The van der Waals surface area contributed by atoms with E-state index in [0.717, 1.165) is 26.2 Å². The van der Waals surface area contributed by atoms with Gasteiger partial charge in [-0.15, -0.1) is 0 Å². The predicted octanol–water partition coefficient (Wildman–Crippen LogP) is 1.31. The lowest BCUT2D eigenvalue weighted by Crippen LogP contribution is -2.44. The molecular weight excluding hydrogens is 198 g/mol. The van der Waals surface area contributed by atoms with Crippen molar-refractivity contribution in [2.45, 2.75) is 33.6 Å². The quantitative estimate of drug-likeness (QED) is 0.642. The molecule has 1 heterocycles. The first kappa shape index (κ1) is 13.9. The lowest BCUT2D eigenvalue weighted by atomic mass is 9.90. The van der Waals surface area contributed by atoms with Crippen molar-refractivity contribution in [2.24, 2.45) is 5.41 Å². The molecule has 0 spiro atoms. The van der Waals surface area contributed by atoms with Gasteiger partial charge in [-0.2, -0.15) is 0 Å². The van der Waals surface area contributed by atoms with Crippen molar-refractivity contribution in [3.63, 3.8) is 0 Å². The summed E-state index contributed by atoms with van der Waals surface area (Å²) in [6.07, 6.45) is 2.53. The molecule has 0 radical (unpaired) electrons. The Morgan fingerprint density at radius 3 is 2.56 bits per heavy atom. The molecule has 3 heteroatoms. The first-order valence-corrected chi connectivity index (χ1v) is 6.78. The summed E-state index contributed by atoms with van der Waals surface area (Å²) < 4.78 is 0. The van der Waals surface area contributed by atoms with E-state index < -0.39 is 0 Å². The normalized spacial score (nSPS) is 18.9. The second-order valence-electron chi connectivity index (χ2n) is 5.64. The van der Waals surface area contributed by atoms with E-state index in [0.29, 0.717) is 5.41 Å². The minimum atomic E-state index is 0.453. The van der Waals surface area contributed by atoms with Gasteiger partial charge in [-0.05, 0) is 31.3 Å². The molecule has 3 nitrogen and oxygen atoms in total. The molecule has 1 saturated heterocycles. The van der Waals surface area contributed by atoms with Gasteiger partial charge in [-0.3, -0.25) is 0 Å². The molecule has 0 aliphatic carbocycles. The fraction of sp³-hybridized carbons (Fsp3) is 1.00. The smallest absolute Gasteiger partial charge is 0.0107 e. The van der Waals surface area contributed by atoms with Crippen LogP contribution in [0.25, 0.3) is 0 Å². The Hall–Kier alpha value is -0.120. The summed E-state index contributed by atoms with van der Waals surface area (Å²) in [6, 6.07) is 0. The van der Waals surface area contributed by atoms with E-state index in [4.69, 9.17) is 0 Å². The van der Waals surface area contributed by atoms with Crippen LogP contribution in [-0.4, -0.2) is 50.7 Å². The van der Waals surface area contributed by atoms with E-state index in [-0.39, 0.29) is 0 Å². The molecular formula is C13H29N3. The number of nitrogens with one attached hydrogen (secondary N) is 2. The van der Waals surface area contributed by atoms with Crippen molar-refractivity contribution >= 4 is 0 Å². The number of hydrogen-bond acceptors (Lipinski definition) is 3. The van der Waals surface area contributed by atoms with Gasteiger partial charge in [0.05, 0.1) is 0 Å². The first-order valence-electron chi connectivity index (χ1n) is 6.78. The molecule has 1 aliphatic heterocycles. The minimum absolute atomic E-state index is 0.453. The molecule has 2 N–H and O–H groups in total. The fourth-order valence-electron chi connectivity index (χ4n) is 1.91. The molecule has 96 valence electrons. The Bertz CT molecular complexity index is 174. The summed E-state index contributed by atoms with van der Waals surface area (Å²) in [5.74, 6) is 0. The van der Waals surface area contributed by atoms with Crippen LogP contribution in [0.2, 0.25) is 0 Å². The lowest BCUT2D eigenvalue weighted by molar-refractivity contribution is 0.235. The Morgan fingerprint density at radius 1 is 1.25 bits per heavy atom. The maximum atomic E-state index is 3.57. The van der Waals surface area contributed by atoms with E-state index in [1.54, 1.807) is 0 Å². The van der Waals surface area contributed by atoms with Gasteiger partial charge in [0.15, 0.2) is 0 Å². The van der Waals surface area contributed by atoms with Crippen LogP contribution in [0.3, 0.4) is 0 Å². The molecule has 0 amide bonds. The van der Waals surface area contributed by atoms with Gasteiger partial charge in [0.25, 0.3) is 0 Å². The highest BCUT2D eigenvalue weighted by molar-refractivity contribution is 4.70. The van der Waals surface area contributed by atoms with Crippen molar-refractivity contribution in [3.05, 3.63) is 0 Å². The lowest BCUT2D eigenvalue weighted by Gasteiger charge is -2.27. The highest BCUT2D eigenvalue weighted by atomic mass is 15.2. The van der Waals surface area contributed by atoms with Gasteiger partial charge in [-0.25, -0.2) is 0 Å². The molecule has 1 rings (SSSR count). The van der Waals surface area contributed by atoms with Gasteiger partial charge in [0.2, 0.25) is 0 Å². The summed E-state index contributed by atoms with van der Waals surface area (Å²) in [5, 5.41) is 6.96. The highest BCUT2D eigenvalue weighted by Gasteiger charge is 2.14. The fourth-order valence-corrected chi connectivity index (χ4v) is 1.91. The first-order chi connectivity index (χ1) is 7.64. The van der Waals surface area contributed by atoms with Crippen LogP contribution in [0.4, 0.5) is 0 Å². The van der Waals surface area contributed by atoms with Gasteiger partial charge in [-0.1, -0.05) is 20.8 Å². The Morgan fingerprint density at radius 2 is 1.94 bits per heavy atom. The van der Waals surface area contributed by atoms with Gasteiger partial charge in [0.1, 0.15) is 0 Å². The second-order valence-corrected chi connectivity index (χ2v) is 5.64. The molecule has 0 aromatic rings. The third-order valence-corrected chi connectivity index (χ3v) is 3.60. The predicted molar refractivity (Wildman–Crippen MR) is 70.9 cm³/mol. The van der Waals surface area contributed by atoms with Crippen LogP contribution in [0, 0.1) is 5.41 Å². The minimum Gasteiger partial charge on any atom is -0.316 e. The van der Waals surface area contributed by atoms with E-state index in [2.05, 4.69) is 36.3 Å². The number of rotatable bonds is 7. The van der Waals surface area contributed by atoms with Crippen molar-refractivity contribution < 1.29 is 0 Å². The van der Waals surface area contributed by atoms with Crippen molar-refractivity contribution in [3.8, 4) is 0 Å². The summed E-state index contributed by atoms with van der Waals surface area (Å²) in [4.78, 5) is 2.56. The number of nitrogens with zero attached hydrogens (tertiary/aromatic N) is 1. The van der Waals surface area contributed by atoms with Gasteiger partial charge in [0, 0.05) is 32.7 Å². The van der Waals surface area contributed by atoms with E-state index >= 15 is 0 Å². The third kappa shape index (κ3) is 5.83. The maximum absolute atomic E-state index is 3.57. The van der Waals surface area contributed by atoms with Crippen molar-refractivity contribution in [1.29, 1.82) is 0 Å². The number of hydrogen-bond donors (Lipinski definition) is 2. The Kier molecular flexibility index (Phi) is 6.32. The molecule has 0 atom stereocenters. The molecule has 0 saturated carbocycles. The van der Waals surface area contributed by atoms with E-state index in [9.17, 15) is 0 Å². The zero-order valence-electron chi connectivity index (χ0n) is 11.3. The molecule has 0 aromatic carbocycles. The largest absolute Gasteiger partial charge is 0.316 e. The molecule has 1 fully saturated rings. The Balaban J connectivity index is 1.95. The zero-order chi connectivity index (χ0) is 11.9.